The molecule has 0 N–H and O–H groups in total. The highest BCUT2D eigenvalue weighted by Gasteiger charge is 2.41. The van der Waals surface area contributed by atoms with Crippen molar-refractivity contribution in [3.63, 3.8) is 0 Å². The van der Waals surface area contributed by atoms with Crippen LogP contribution < -0.4 is 4.90 Å². The molecule has 2 saturated heterocycles. The molecule has 19 heavy (non-hydrogen) atoms. The number of piperidine rings is 1. The molecule has 2 aliphatic heterocycles. The van der Waals surface area contributed by atoms with Gasteiger partial charge in [0.1, 0.15) is 5.82 Å². The third-order valence-corrected chi connectivity index (χ3v) is 4.76. The number of aryl methyl sites for hydroxylation is 1. The second-order valence-corrected chi connectivity index (χ2v) is 6.17. The van der Waals surface area contributed by atoms with E-state index < -0.39 is 0 Å². The summed E-state index contributed by atoms with van der Waals surface area (Å²) in [5.74, 6) is 1.87. The topological polar surface area (TPSA) is 46.3 Å². The van der Waals surface area contributed by atoms with Crippen LogP contribution in [0.5, 0.6) is 0 Å². The summed E-state index contributed by atoms with van der Waals surface area (Å²) < 4.78 is 2.01. The van der Waals surface area contributed by atoms with Gasteiger partial charge in [-0.15, -0.1) is 21.8 Å². The van der Waals surface area contributed by atoms with Gasteiger partial charge < -0.3 is 4.90 Å². The number of hydrogen-bond donors (Lipinski definition) is 0. The maximum Gasteiger partial charge on any atom is 0.203 e. The molecule has 2 aromatic rings. The second kappa shape index (κ2) is 4.07. The first kappa shape index (κ1) is 11.5. The Hall–Kier alpha value is -1.36. The number of anilines is 1. The molecule has 0 aliphatic carbocycles. The van der Waals surface area contributed by atoms with Crippen molar-refractivity contribution in [2.75, 3.05) is 4.90 Å². The smallest absolute Gasteiger partial charge is 0.203 e. The van der Waals surface area contributed by atoms with E-state index >= 15 is 0 Å². The molecule has 2 bridgehead atoms. The monoisotopic (exact) mass is 277 g/mol. The minimum absolute atomic E-state index is 0.313. The van der Waals surface area contributed by atoms with Crippen LogP contribution in [0.2, 0.25) is 0 Å². The highest BCUT2D eigenvalue weighted by Crippen LogP contribution is 2.41. The van der Waals surface area contributed by atoms with Gasteiger partial charge in [0, 0.05) is 29.9 Å². The minimum Gasteiger partial charge on any atom is -0.347 e. The Morgan fingerprint density at radius 3 is 2.68 bits per heavy atom. The van der Waals surface area contributed by atoms with Crippen molar-refractivity contribution >= 4 is 23.1 Å². The van der Waals surface area contributed by atoms with Crippen LogP contribution in [-0.2, 0) is 0 Å². The molecule has 0 radical (unpaired) electrons. The first-order valence-corrected chi connectivity index (χ1v) is 7.26. The molecule has 0 aromatic carbocycles. The van der Waals surface area contributed by atoms with Crippen molar-refractivity contribution in [1.82, 2.24) is 19.6 Å². The van der Waals surface area contributed by atoms with E-state index in [-0.39, 0.29) is 0 Å². The molecule has 2 aliphatic rings. The number of hydrogen-bond acceptors (Lipinski definition) is 4. The highest BCUT2D eigenvalue weighted by molar-refractivity contribution is 6.20. The predicted octanol–water partition coefficient (Wildman–Crippen LogP) is 2.17. The molecule has 6 heteroatoms. The number of rotatable bonds is 1. The first-order chi connectivity index (χ1) is 9.24. The normalized spacial score (nSPS) is 30.2. The molecule has 2 atom stereocenters. The lowest BCUT2D eigenvalue weighted by molar-refractivity contribution is 0.471. The highest BCUT2D eigenvalue weighted by atomic mass is 35.5. The third kappa shape index (κ3) is 1.64. The van der Waals surface area contributed by atoms with Crippen molar-refractivity contribution in [3.8, 4) is 0 Å². The summed E-state index contributed by atoms with van der Waals surface area (Å²) in [4.78, 5) is 7.00. The average Bonchev–Trinajstić information content (AvgIpc) is 2.89. The quantitative estimate of drug-likeness (QED) is 0.750. The van der Waals surface area contributed by atoms with Crippen LogP contribution in [0.4, 0.5) is 5.82 Å². The summed E-state index contributed by atoms with van der Waals surface area (Å²) in [6.45, 7) is 1.96. The zero-order valence-electron chi connectivity index (χ0n) is 10.8. The predicted molar refractivity (Wildman–Crippen MR) is 73.7 cm³/mol. The van der Waals surface area contributed by atoms with E-state index in [2.05, 4.69) is 20.1 Å². The number of fused-ring (bicyclic) bond motifs is 3. The average molecular weight is 278 g/mol. The van der Waals surface area contributed by atoms with Crippen LogP contribution in [0, 0.1) is 6.92 Å². The number of alkyl halides is 1. The number of aromatic nitrogens is 4. The lowest BCUT2D eigenvalue weighted by Crippen LogP contribution is -2.44. The summed E-state index contributed by atoms with van der Waals surface area (Å²) in [6, 6.07) is 1.02. The summed E-state index contributed by atoms with van der Waals surface area (Å²) in [5.41, 5.74) is 0.866. The fraction of sp³-hybridized carbons (Fsp3) is 0.615. The van der Waals surface area contributed by atoms with Gasteiger partial charge in [-0.25, -0.2) is 4.98 Å². The number of nitrogens with zero attached hydrogens (tertiary/aromatic N) is 5. The summed E-state index contributed by atoms with van der Waals surface area (Å²) >= 11 is 6.34. The van der Waals surface area contributed by atoms with E-state index in [4.69, 9.17) is 11.6 Å². The van der Waals surface area contributed by atoms with E-state index in [0.717, 1.165) is 30.1 Å². The largest absolute Gasteiger partial charge is 0.347 e. The van der Waals surface area contributed by atoms with E-state index in [1.165, 1.54) is 12.8 Å². The van der Waals surface area contributed by atoms with E-state index in [1.807, 2.05) is 23.7 Å². The summed E-state index contributed by atoms with van der Waals surface area (Å²) in [6.07, 6.45) is 8.28. The van der Waals surface area contributed by atoms with Crippen molar-refractivity contribution in [2.24, 2.45) is 0 Å². The van der Waals surface area contributed by atoms with Gasteiger partial charge in [-0.2, -0.15) is 0 Å². The van der Waals surface area contributed by atoms with E-state index in [0.29, 0.717) is 17.5 Å². The molecule has 2 unspecified atom stereocenters. The Bertz CT molecular complexity index is 611. The van der Waals surface area contributed by atoms with Crippen molar-refractivity contribution < 1.29 is 0 Å². The van der Waals surface area contributed by atoms with Gasteiger partial charge in [0.05, 0.1) is 0 Å². The molecule has 100 valence electrons. The van der Waals surface area contributed by atoms with Crippen molar-refractivity contribution in [3.05, 3.63) is 18.2 Å². The van der Waals surface area contributed by atoms with Crippen molar-refractivity contribution in [1.29, 1.82) is 0 Å². The molecule has 5 nitrogen and oxygen atoms in total. The lowest BCUT2D eigenvalue weighted by atomic mass is 10.0. The fourth-order valence-corrected chi connectivity index (χ4v) is 3.98. The van der Waals surface area contributed by atoms with Crippen molar-refractivity contribution in [2.45, 2.75) is 50.1 Å². The molecule has 2 fully saturated rings. The van der Waals surface area contributed by atoms with Gasteiger partial charge in [-0.1, -0.05) is 0 Å². The Morgan fingerprint density at radius 1 is 1.21 bits per heavy atom. The molecule has 0 saturated carbocycles. The number of halogens is 1. The van der Waals surface area contributed by atoms with Gasteiger partial charge >= 0.3 is 0 Å². The molecule has 2 aromatic heterocycles. The van der Waals surface area contributed by atoms with Crippen LogP contribution in [0.15, 0.2) is 12.4 Å². The van der Waals surface area contributed by atoms with E-state index in [1.54, 1.807) is 0 Å². The molecule has 4 rings (SSSR count). The molecule has 0 spiro atoms. The summed E-state index contributed by atoms with van der Waals surface area (Å²) in [7, 11) is 0. The fourth-order valence-electron chi connectivity index (χ4n) is 3.57. The minimum atomic E-state index is 0.313. The van der Waals surface area contributed by atoms with Gasteiger partial charge in [0.15, 0.2) is 5.82 Å². The maximum absolute atomic E-state index is 6.34. The van der Waals surface area contributed by atoms with Crippen LogP contribution in [0.25, 0.3) is 5.65 Å². The molecule has 4 heterocycles. The lowest BCUT2D eigenvalue weighted by Gasteiger charge is -2.37. The van der Waals surface area contributed by atoms with Gasteiger partial charge in [0.25, 0.3) is 0 Å². The first-order valence-electron chi connectivity index (χ1n) is 6.83. The van der Waals surface area contributed by atoms with Gasteiger partial charge in [-0.05, 0) is 32.6 Å². The molecular weight excluding hydrogens is 262 g/mol. The standard InChI is InChI=1S/C13H16ClN5/c1-8-16-17-13-12(15-4-5-18(8)13)19-10-2-3-11(19)7-9(14)6-10/h4-5,9-11H,2-3,6-7H2,1H3. The van der Waals surface area contributed by atoms with Crippen LogP contribution in [0.1, 0.15) is 31.5 Å². The van der Waals surface area contributed by atoms with Gasteiger partial charge in [-0.3, -0.25) is 4.40 Å². The Balaban J connectivity index is 1.83. The van der Waals surface area contributed by atoms with Crippen LogP contribution in [0.3, 0.4) is 0 Å². The zero-order valence-corrected chi connectivity index (χ0v) is 11.6. The second-order valence-electron chi connectivity index (χ2n) is 5.55. The zero-order chi connectivity index (χ0) is 13.0. The summed E-state index contributed by atoms with van der Waals surface area (Å²) in [5, 5.41) is 8.75. The van der Waals surface area contributed by atoms with Crippen LogP contribution >= 0.6 is 11.6 Å². The van der Waals surface area contributed by atoms with Crippen LogP contribution in [-0.4, -0.2) is 37.0 Å². The molecule has 0 amide bonds. The Kier molecular flexibility index (Phi) is 2.45. The third-order valence-electron chi connectivity index (χ3n) is 4.40. The Morgan fingerprint density at radius 2 is 1.95 bits per heavy atom. The Labute approximate surface area is 116 Å². The maximum atomic E-state index is 6.34. The van der Waals surface area contributed by atoms with E-state index in [9.17, 15) is 0 Å². The molecular formula is C13H16ClN5. The SMILES string of the molecule is Cc1nnc2c(N3C4CCC3CC(Cl)C4)nccn12. The van der Waals surface area contributed by atoms with Gasteiger partial charge in [0.2, 0.25) is 5.65 Å².